The maximum Gasteiger partial charge on any atom is 0.320 e. The first-order valence-electron chi connectivity index (χ1n) is 6.40. The van der Waals surface area contributed by atoms with E-state index in [2.05, 4.69) is 0 Å². The molecule has 2 fully saturated rings. The maximum atomic E-state index is 12.2. The first-order valence-corrected chi connectivity index (χ1v) is 6.40. The van der Waals surface area contributed by atoms with Crippen LogP contribution < -0.4 is 5.73 Å². The Morgan fingerprint density at radius 3 is 2.42 bits per heavy atom. The molecular formula is C12H19N3O4. The Hall–Kier alpha value is -1.79. The van der Waals surface area contributed by atoms with Gasteiger partial charge in [-0.25, -0.2) is 4.79 Å². The first kappa shape index (κ1) is 13.6. The van der Waals surface area contributed by atoms with E-state index in [-0.39, 0.29) is 24.4 Å². The molecule has 7 nitrogen and oxygen atoms in total. The van der Waals surface area contributed by atoms with E-state index in [1.807, 2.05) is 0 Å². The fourth-order valence-corrected chi connectivity index (χ4v) is 2.67. The Morgan fingerprint density at radius 1 is 1.26 bits per heavy atom. The molecule has 0 aromatic heterocycles. The largest absolute Gasteiger partial charge is 0.481 e. The highest BCUT2D eigenvalue weighted by atomic mass is 16.4. The maximum absolute atomic E-state index is 12.2. The summed E-state index contributed by atoms with van der Waals surface area (Å²) in [5.41, 5.74) is 4.37. The van der Waals surface area contributed by atoms with E-state index < -0.39 is 11.4 Å². The fourth-order valence-electron chi connectivity index (χ4n) is 2.67. The minimum Gasteiger partial charge on any atom is -0.481 e. The van der Waals surface area contributed by atoms with Crippen molar-refractivity contribution < 1.29 is 19.5 Å². The van der Waals surface area contributed by atoms with E-state index in [1.165, 1.54) is 0 Å². The highest BCUT2D eigenvalue weighted by Crippen LogP contribution is 2.31. The van der Waals surface area contributed by atoms with Gasteiger partial charge < -0.3 is 20.6 Å². The number of primary amides is 1. The Labute approximate surface area is 111 Å². The summed E-state index contributed by atoms with van der Waals surface area (Å²) < 4.78 is 0. The van der Waals surface area contributed by atoms with Crippen LogP contribution in [-0.4, -0.2) is 59.0 Å². The number of carboxylic acid groups (broad SMARTS) is 1. The van der Waals surface area contributed by atoms with Crippen LogP contribution in [0.4, 0.5) is 4.79 Å². The molecule has 0 saturated carbocycles. The molecular weight excluding hydrogens is 250 g/mol. The molecule has 2 atom stereocenters. The number of rotatable bonds is 2. The minimum absolute atomic E-state index is 0.186. The van der Waals surface area contributed by atoms with Crippen molar-refractivity contribution in [3.8, 4) is 0 Å². The van der Waals surface area contributed by atoms with Gasteiger partial charge in [0.1, 0.15) is 0 Å². The normalized spacial score (nSPS) is 30.7. The molecule has 2 heterocycles. The molecule has 2 aliphatic rings. The molecule has 2 unspecified atom stereocenters. The number of aliphatic carboxylic acids is 1. The number of likely N-dealkylation sites (tertiary alicyclic amines) is 2. The third-order valence-corrected chi connectivity index (χ3v) is 4.12. The lowest BCUT2D eigenvalue weighted by molar-refractivity contribution is -0.147. The monoisotopic (exact) mass is 269 g/mol. The Bertz CT molecular complexity index is 425. The smallest absolute Gasteiger partial charge is 0.320 e. The van der Waals surface area contributed by atoms with Gasteiger partial charge in [-0.15, -0.1) is 0 Å². The van der Waals surface area contributed by atoms with Gasteiger partial charge in [-0.05, 0) is 19.8 Å². The van der Waals surface area contributed by atoms with Gasteiger partial charge in [0.15, 0.2) is 0 Å². The van der Waals surface area contributed by atoms with Crippen LogP contribution in [0.15, 0.2) is 0 Å². The van der Waals surface area contributed by atoms with Gasteiger partial charge in [0, 0.05) is 26.2 Å². The zero-order valence-corrected chi connectivity index (χ0v) is 11.0. The second kappa shape index (κ2) is 4.71. The molecule has 0 radical (unpaired) electrons. The molecule has 7 heteroatoms. The van der Waals surface area contributed by atoms with Crippen molar-refractivity contribution in [3.63, 3.8) is 0 Å². The topological polar surface area (TPSA) is 104 Å². The third kappa shape index (κ3) is 2.50. The number of amides is 3. The summed E-state index contributed by atoms with van der Waals surface area (Å²) in [6, 6.07) is -0.186. The van der Waals surface area contributed by atoms with E-state index in [1.54, 1.807) is 16.7 Å². The van der Waals surface area contributed by atoms with Crippen LogP contribution in [0, 0.1) is 11.3 Å². The Kier molecular flexibility index (Phi) is 3.38. The highest BCUT2D eigenvalue weighted by Gasteiger charge is 2.44. The third-order valence-electron chi connectivity index (χ3n) is 4.12. The van der Waals surface area contributed by atoms with Crippen molar-refractivity contribution in [1.82, 2.24) is 9.80 Å². The van der Waals surface area contributed by atoms with Crippen LogP contribution in [0.25, 0.3) is 0 Å². The number of nitrogens with two attached hydrogens (primary N) is 1. The summed E-state index contributed by atoms with van der Waals surface area (Å²) in [6.45, 7) is 3.16. The molecule has 3 amide bonds. The second-order valence-electron chi connectivity index (χ2n) is 5.65. The van der Waals surface area contributed by atoms with E-state index in [0.29, 0.717) is 32.5 Å². The number of carbonyl (C=O) groups excluding carboxylic acids is 2. The van der Waals surface area contributed by atoms with Crippen molar-refractivity contribution in [3.05, 3.63) is 0 Å². The van der Waals surface area contributed by atoms with Crippen LogP contribution in [0.5, 0.6) is 0 Å². The van der Waals surface area contributed by atoms with Crippen molar-refractivity contribution in [2.45, 2.75) is 19.8 Å². The van der Waals surface area contributed by atoms with Crippen molar-refractivity contribution in [2.24, 2.45) is 17.1 Å². The van der Waals surface area contributed by atoms with Gasteiger partial charge in [0.05, 0.1) is 11.3 Å². The lowest BCUT2D eigenvalue weighted by Gasteiger charge is -2.25. The minimum atomic E-state index is -0.876. The summed E-state index contributed by atoms with van der Waals surface area (Å²) in [5, 5.41) is 9.14. The van der Waals surface area contributed by atoms with E-state index >= 15 is 0 Å². The number of nitrogens with zero attached hydrogens (tertiary/aromatic N) is 2. The van der Waals surface area contributed by atoms with E-state index in [0.717, 1.165) is 0 Å². The van der Waals surface area contributed by atoms with Crippen LogP contribution in [0.1, 0.15) is 19.8 Å². The zero-order valence-electron chi connectivity index (χ0n) is 11.0. The standard InChI is InChI=1S/C12H19N3O4/c1-12(10(17)18)3-5-15(7-12)11(19)14-4-2-8(6-14)9(13)16/h8H,2-7H2,1H3,(H2,13,16)(H,17,18). The summed E-state index contributed by atoms with van der Waals surface area (Å²) in [5.74, 6) is -1.54. The van der Waals surface area contributed by atoms with E-state index in [4.69, 9.17) is 10.8 Å². The van der Waals surface area contributed by atoms with Crippen molar-refractivity contribution in [2.75, 3.05) is 26.2 Å². The van der Waals surface area contributed by atoms with Gasteiger partial charge in [-0.1, -0.05) is 0 Å². The van der Waals surface area contributed by atoms with Gasteiger partial charge >= 0.3 is 12.0 Å². The average molecular weight is 269 g/mol. The molecule has 2 aliphatic heterocycles. The summed E-state index contributed by atoms with van der Waals surface area (Å²) in [7, 11) is 0. The fraction of sp³-hybridized carbons (Fsp3) is 0.750. The summed E-state index contributed by atoms with van der Waals surface area (Å²) in [4.78, 5) is 37.6. The lowest BCUT2D eigenvalue weighted by atomic mass is 9.90. The number of carbonyl (C=O) groups is 3. The molecule has 19 heavy (non-hydrogen) atoms. The predicted octanol–water partition coefficient (Wildman–Crippen LogP) is -0.290. The SMILES string of the molecule is CC1(C(=O)O)CCN(C(=O)N2CCC(C(N)=O)C2)C1. The number of hydrogen-bond donors (Lipinski definition) is 2. The van der Waals surface area contributed by atoms with Crippen LogP contribution >= 0.6 is 0 Å². The Morgan fingerprint density at radius 2 is 1.95 bits per heavy atom. The average Bonchev–Trinajstić information content (AvgIpc) is 2.95. The molecule has 3 N–H and O–H groups in total. The van der Waals surface area contributed by atoms with E-state index in [9.17, 15) is 14.4 Å². The van der Waals surface area contributed by atoms with Crippen LogP contribution in [0.3, 0.4) is 0 Å². The molecule has 106 valence electrons. The molecule has 0 spiro atoms. The predicted molar refractivity (Wildman–Crippen MR) is 66.2 cm³/mol. The van der Waals surface area contributed by atoms with Gasteiger partial charge in [0.25, 0.3) is 0 Å². The first-order chi connectivity index (χ1) is 8.83. The highest BCUT2D eigenvalue weighted by molar-refractivity contribution is 5.82. The summed E-state index contributed by atoms with van der Waals surface area (Å²) in [6.07, 6.45) is 1.05. The molecule has 0 bridgehead atoms. The number of carboxylic acids is 1. The van der Waals surface area contributed by atoms with Crippen LogP contribution in [0.2, 0.25) is 0 Å². The van der Waals surface area contributed by atoms with Gasteiger partial charge in [-0.3, -0.25) is 9.59 Å². The number of urea groups is 1. The van der Waals surface area contributed by atoms with Crippen molar-refractivity contribution >= 4 is 17.9 Å². The Balaban J connectivity index is 1.96. The van der Waals surface area contributed by atoms with Crippen molar-refractivity contribution in [1.29, 1.82) is 0 Å². The van der Waals surface area contributed by atoms with Gasteiger partial charge in [0.2, 0.25) is 5.91 Å². The summed E-state index contributed by atoms with van der Waals surface area (Å²) >= 11 is 0. The molecule has 0 aromatic rings. The molecule has 2 rings (SSSR count). The van der Waals surface area contributed by atoms with Crippen LogP contribution in [-0.2, 0) is 9.59 Å². The molecule has 0 aromatic carbocycles. The molecule has 2 saturated heterocycles. The zero-order chi connectivity index (χ0) is 14.2. The van der Waals surface area contributed by atoms with Gasteiger partial charge in [-0.2, -0.15) is 0 Å². The lowest BCUT2D eigenvalue weighted by Crippen LogP contribution is -2.43. The molecule has 0 aliphatic carbocycles. The second-order valence-corrected chi connectivity index (χ2v) is 5.65. The quantitative estimate of drug-likeness (QED) is 0.718. The number of hydrogen-bond acceptors (Lipinski definition) is 3.